The fourth-order valence-corrected chi connectivity index (χ4v) is 6.22. The third kappa shape index (κ3) is 5.87. The van der Waals surface area contributed by atoms with Crippen molar-refractivity contribution in [3.63, 3.8) is 0 Å². The highest BCUT2D eigenvalue weighted by Crippen LogP contribution is 2.49. The highest BCUT2D eigenvalue weighted by Gasteiger charge is 2.43. The molecule has 1 aromatic heterocycles. The maximum Gasteiger partial charge on any atom is 0.335 e. The number of hydrogen-bond donors (Lipinski definition) is 2. The molecule has 0 aliphatic carbocycles. The van der Waals surface area contributed by atoms with Crippen molar-refractivity contribution in [3.8, 4) is 11.5 Å². The highest BCUT2D eigenvalue weighted by molar-refractivity contribution is 6.30. The first kappa shape index (κ1) is 29.7. The molecule has 0 saturated carbocycles. The van der Waals surface area contributed by atoms with Crippen LogP contribution in [-0.2, 0) is 18.9 Å². The van der Waals surface area contributed by atoms with Gasteiger partial charge in [-0.1, -0.05) is 23.7 Å². The number of aliphatic imine (C=N–C) groups is 1. The van der Waals surface area contributed by atoms with Gasteiger partial charge in [0.1, 0.15) is 11.6 Å². The summed E-state index contributed by atoms with van der Waals surface area (Å²) in [5, 5.41) is 9.85. The topological polar surface area (TPSA) is 115 Å². The molecule has 1 unspecified atom stereocenters. The van der Waals surface area contributed by atoms with Crippen molar-refractivity contribution in [2.24, 2.45) is 10.7 Å². The average molecular weight is 618 g/mol. The van der Waals surface area contributed by atoms with Gasteiger partial charge >= 0.3 is 5.97 Å². The van der Waals surface area contributed by atoms with Crippen molar-refractivity contribution < 1.29 is 23.8 Å². The van der Waals surface area contributed by atoms with E-state index in [1.807, 2.05) is 12.1 Å². The molecule has 9 nitrogen and oxygen atoms in total. The predicted octanol–water partition coefficient (Wildman–Crippen LogP) is 6.09. The summed E-state index contributed by atoms with van der Waals surface area (Å²) >= 11 is 5.97. The van der Waals surface area contributed by atoms with E-state index < -0.39 is 17.6 Å². The van der Waals surface area contributed by atoms with Crippen LogP contribution in [0, 0.1) is 5.82 Å². The Hall–Kier alpha value is -4.41. The van der Waals surface area contributed by atoms with E-state index in [1.54, 1.807) is 49.5 Å². The number of halogens is 2. The standard InChI is InChI=1S/C33H33ClFN5O4/c1-33(25-8-7-23(34)19-26(25)35)43-29-5-2-4-24(31(29)44-33)21-10-15-39(16-11-21)20-30-38-27-9-6-22(32(41)42)18-28(27)40(30)17-14-37-13-3-12-36/h2-9,12-13,18-19,21H,10-11,14-17,20,36H2,1H3,(H,41,42)/b12-3-,37-13?. The summed E-state index contributed by atoms with van der Waals surface area (Å²) in [5.74, 6) is -0.391. The van der Waals surface area contributed by atoms with Crippen molar-refractivity contribution in [1.29, 1.82) is 0 Å². The van der Waals surface area contributed by atoms with Crippen LogP contribution in [0.4, 0.5) is 4.39 Å². The van der Waals surface area contributed by atoms with Gasteiger partial charge in [-0.05, 0) is 86.6 Å². The third-order valence-electron chi connectivity index (χ3n) is 8.25. The minimum absolute atomic E-state index is 0.220. The van der Waals surface area contributed by atoms with Crippen LogP contribution < -0.4 is 15.2 Å². The molecule has 0 spiro atoms. The number of carbonyl (C=O) groups is 1. The van der Waals surface area contributed by atoms with Crippen LogP contribution in [0.25, 0.3) is 11.0 Å². The number of likely N-dealkylation sites (tertiary alicyclic amines) is 1. The van der Waals surface area contributed by atoms with Gasteiger partial charge in [-0.2, -0.15) is 0 Å². The summed E-state index contributed by atoms with van der Waals surface area (Å²) in [4.78, 5) is 23.3. The number of aromatic carboxylic acids is 1. The van der Waals surface area contributed by atoms with Gasteiger partial charge in [0.25, 0.3) is 5.79 Å². The van der Waals surface area contributed by atoms with Crippen LogP contribution in [-0.4, -0.2) is 51.4 Å². The zero-order chi connectivity index (χ0) is 30.8. The number of carboxylic acids is 1. The Kier molecular flexibility index (Phi) is 8.29. The molecule has 3 aromatic carbocycles. The number of aromatic nitrogens is 2. The number of ether oxygens (including phenoxy) is 2. The predicted molar refractivity (Wildman–Crippen MR) is 167 cm³/mol. The van der Waals surface area contributed by atoms with Gasteiger partial charge in [-0.25, -0.2) is 14.2 Å². The number of para-hydroxylation sites is 1. The van der Waals surface area contributed by atoms with Gasteiger partial charge in [0.15, 0.2) is 11.5 Å². The lowest BCUT2D eigenvalue weighted by Crippen LogP contribution is -2.34. The number of piperidine rings is 1. The molecule has 4 aromatic rings. The van der Waals surface area contributed by atoms with Crippen LogP contribution in [0.2, 0.25) is 5.02 Å². The van der Waals surface area contributed by atoms with Gasteiger partial charge in [-0.3, -0.25) is 9.89 Å². The quantitative estimate of drug-likeness (QED) is 0.218. The third-order valence-corrected chi connectivity index (χ3v) is 8.49. The minimum atomic E-state index is -1.29. The summed E-state index contributed by atoms with van der Waals surface area (Å²) in [6.07, 6.45) is 6.52. The van der Waals surface area contributed by atoms with Crippen molar-refractivity contribution in [2.45, 2.75) is 44.6 Å². The van der Waals surface area contributed by atoms with Crippen LogP contribution in [0.5, 0.6) is 11.5 Å². The molecule has 1 fully saturated rings. The number of fused-ring (bicyclic) bond motifs is 2. The molecule has 0 radical (unpaired) electrons. The molecular weight excluding hydrogens is 585 g/mol. The molecule has 1 saturated heterocycles. The van der Waals surface area contributed by atoms with E-state index in [-0.39, 0.29) is 11.5 Å². The SMILES string of the molecule is CC1(c2ccc(Cl)cc2F)Oc2cccc(C3CCN(Cc4nc5ccc(C(=O)O)cc5n4CCN=C/C=C\N)CC3)c2O1. The largest absolute Gasteiger partial charge is 0.478 e. The summed E-state index contributed by atoms with van der Waals surface area (Å²) in [6.45, 7) is 5.07. The molecule has 0 amide bonds. The summed E-state index contributed by atoms with van der Waals surface area (Å²) in [7, 11) is 0. The number of rotatable bonds is 9. The Morgan fingerprint density at radius 2 is 2.02 bits per heavy atom. The number of hydrogen-bond acceptors (Lipinski definition) is 7. The van der Waals surface area contributed by atoms with E-state index in [0.29, 0.717) is 41.7 Å². The molecule has 2 aliphatic rings. The lowest BCUT2D eigenvalue weighted by Gasteiger charge is -2.32. The first-order chi connectivity index (χ1) is 21.3. The molecule has 3 N–H and O–H groups in total. The van der Waals surface area contributed by atoms with E-state index in [4.69, 9.17) is 31.8 Å². The van der Waals surface area contributed by atoms with Crippen molar-refractivity contribution >= 4 is 34.8 Å². The zero-order valence-corrected chi connectivity index (χ0v) is 25.0. The number of nitrogens with two attached hydrogens (primary N) is 1. The smallest absolute Gasteiger partial charge is 0.335 e. The Morgan fingerprint density at radius 1 is 1.20 bits per heavy atom. The molecular formula is C33H33ClFN5O4. The van der Waals surface area contributed by atoms with Gasteiger partial charge in [-0.15, -0.1) is 0 Å². The maximum atomic E-state index is 14.8. The maximum absolute atomic E-state index is 14.8. The van der Waals surface area contributed by atoms with Crippen LogP contribution >= 0.6 is 11.6 Å². The molecule has 11 heteroatoms. The van der Waals surface area contributed by atoms with E-state index in [1.165, 1.54) is 12.3 Å². The number of imidazole rings is 1. The minimum Gasteiger partial charge on any atom is -0.478 e. The zero-order valence-electron chi connectivity index (χ0n) is 24.2. The van der Waals surface area contributed by atoms with Crippen LogP contribution in [0.15, 0.2) is 71.9 Å². The average Bonchev–Trinajstić information content (AvgIpc) is 3.53. The lowest BCUT2D eigenvalue weighted by molar-refractivity contribution is -0.0712. The van der Waals surface area contributed by atoms with E-state index in [0.717, 1.165) is 48.4 Å². The Balaban J connectivity index is 1.17. The monoisotopic (exact) mass is 617 g/mol. The van der Waals surface area contributed by atoms with Crippen LogP contribution in [0.1, 0.15) is 53.0 Å². The number of benzene rings is 3. The fraction of sp³-hybridized carbons (Fsp3) is 0.303. The van der Waals surface area contributed by atoms with Crippen molar-refractivity contribution in [1.82, 2.24) is 14.5 Å². The van der Waals surface area contributed by atoms with Crippen LogP contribution in [0.3, 0.4) is 0 Å². The number of allylic oxidation sites excluding steroid dienone is 1. The van der Waals surface area contributed by atoms with Gasteiger partial charge in [0.2, 0.25) is 0 Å². The molecule has 44 heavy (non-hydrogen) atoms. The lowest BCUT2D eigenvalue weighted by atomic mass is 9.88. The van der Waals surface area contributed by atoms with E-state index in [9.17, 15) is 14.3 Å². The highest BCUT2D eigenvalue weighted by atomic mass is 35.5. The molecule has 6 rings (SSSR count). The van der Waals surface area contributed by atoms with Gasteiger partial charge < -0.3 is 24.9 Å². The summed E-state index contributed by atoms with van der Waals surface area (Å²) in [5.41, 5.74) is 8.48. The Morgan fingerprint density at radius 3 is 2.77 bits per heavy atom. The van der Waals surface area contributed by atoms with Gasteiger partial charge in [0.05, 0.1) is 35.2 Å². The fourth-order valence-electron chi connectivity index (χ4n) is 6.06. The molecule has 228 valence electrons. The number of carboxylic acid groups (broad SMARTS) is 1. The van der Waals surface area contributed by atoms with E-state index >= 15 is 0 Å². The summed E-state index contributed by atoms with van der Waals surface area (Å²) in [6, 6.07) is 15.4. The summed E-state index contributed by atoms with van der Waals surface area (Å²) < 4.78 is 29.4. The number of nitrogens with zero attached hydrogens (tertiary/aromatic N) is 4. The Labute approximate surface area is 259 Å². The second-order valence-electron chi connectivity index (χ2n) is 11.1. The Bertz CT molecular complexity index is 1760. The van der Waals surface area contributed by atoms with Crippen molar-refractivity contribution in [2.75, 3.05) is 19.6 Å². The second-order valence-corrected chi connectivity index (χ2v) is 11.6. The first-order valence-electron chi connectivity index (χ1n) is 14.5. The normalized spacial score (nSPS) is 19.1. The molecule has 2 aliphatic heterocycles. The van der Waals surface area contributed by atoms with E-state index in [2.05, 4.69) is 20.5 Å². The van der Waals surface area contributed by atoms with Gasteiger partial charge in [0, 0.05) is 30.3 Å². The second kappa shape index (κ2) is 12.3. The molecule has 1 atom stereocenters. The first-order valence-corrected chi connectivity index (χ1v) is 14.9. The molecule has 0 bridgehead atoms. The van der Waals surface area contributed by atoms with Crippen molar-refractivity contribution in [3.05, 3.63) is 100 Å². The molecule has 3 heterocycles.